The molecule has 94 valence electrons. The third-order valence-corrected chi connectivity index (χ3v) is 2.64. The van der Waals surface area contributed by atoms with Crippen molar-refractivity contribution in [2.24, 2.45) is 0 Å². The molecule has 0 atom stereocenters. The molecule has 5 nitrogen and oxygen atoms in total. The number of rotatable bonds is 6. The SMILES string of the molecule is COc1cc(C(=O)CCC(C)(C)OC)ncn1. The van der Waals surface area contributed by atoms with Crippen molar-refractivity contribution in [2.75, 3.05) is 14.2 Å². The van der Waals surface area contributed by atoms with Gasteiger partial charge in [0.2, 0.25) is 5.88 Å². The van der Waals surface area contributed by atoms with E-state index in [-0.39, 0.29) is 11.4 Å². The highest BCUT2D eigenvalue weighted by Gasteiger charge is 2.19. The molecule has 0 radical (unpaired) electrons. The number of carbonyl (C=O) groups excluding carboxylic acids is 1. The number of ketones is 1. The van der Waals surface area contributed by atoms with Gasteiger partial charge in [-0.1, -0.05) is 0 Å². The normalized spacial score (nSPS) is 11.3. The summed E-state index contributed by atoms with van der Waals surface area (Å²) in [6.07, 6.45) is 2.36. The number of hydrogen-bond acceptors (Lipinski definition) is 5. The van der Waals surface area contributed by atoms with Gasteiger partial charge in [-0.15, -0.1) is 0 Å². The zero-order valence-electron chi connectivity index (χ0n) is 10.7. The lowest BCUT2D eigenvalue weighted by Gasteiger charge is -2.21. The molecule has 0 fully saturated rings. The fourth-order valence-corrected chi connectivity index (χ4v) is 1.25. The first-order valence-electron chi connectivity index (χ1n) is 5.43. The molecule has 1 heterocycles. The Labute approximate surface area is 101 Å². The van der Waals surface area contributed by atoms with Gasteiger partial charge in [0.05, 0.1) is 12.7 Å². The molecule has 1 rings (SSSR count). The Kier molecular flexibility index (Phi) is 4.57. The van der Waals surface area contributed by atoms with Gasteiger partial charge in [-0.3, -0.25) is 4.79 Å². The van der Waals surface area contributed by atoms with Crippen molar-refractivity contribution in [1.82, 2.24) is 9.97 Å². The number of ether oxygens (including phenoxy) is 2. The van der Waals surface area contributed by atoms with Crippen molar-refractivity contribution in [2.45, 2.75) is 32.3 Å². The van der Waals surface area contributed by atoms with Crippen molar-refractivity contribution in [1.29, 1.82) is 0 Å². The molecule has 0 saturated heterocycles. The molecule has 0 aromatic carbocycles. The number of Topliss-reactive ketones (excluding diaryl/α,β-unsaturated/α-hetero) is 1. The Morgan fingerprint density at radius 2 is 2.06 bits per heavy atom. The van der Waals surface area contributed by atoms with Crippen LogP contribution in [0.2, 0.25) is 0 Å². The largest absolute Gasteiger partial charge is 0.481 e. The summed E-state index contributed by atoms with van der Waals surface area (Å²) in [4.78, 5) is 19.7. The van der Waals surface area contributed by atoms with Crippen molar-refractivity contribution in [3.63, 3.8) is 0 Å². The fraction of sp³-hybridized carbons (Fsp3) is 0.583. The first kappa shape index (κ1) is 13.6. The van der Waals surface area contributed by atoms with Crippen LogP contribution in [0.4, 0.5) is 0 Å². The number of hydrogen-bond donors (Lipinski definition) is 0. The van der Waals surface area contributed by atoms with E-state index in [0.717, 1.165) is 0 Å². The Morgan fingerprint density at radius 3 is 2.65 bits per heavy atom. The van der Waals surface area contributed by atoms with Crippen LogP contribution in [-0.4, -0.2) is 35.6 Å². The molecular formula is C12H18N2O3. The van der Waals surface area contributed by atoms with E-state index in [1.54, 1.807) is 13.2 Å². The fourth-order valence-electron chi connectivity index (χ4n) is 1.25. The van der Waals surface area contributed by atoms with E-state index < -0.39 is 0 Å². The van der Waals surface area contributed by atoms with Crippen LogP contribution in [0.15, 0.2) is 12.4 Å². The molecule has 1 aromatic rings. The molecule has 17 heavy (non-hydrogen) atoms. The molecule has 5 heteroatoms. The zero-order valence-corrected chi connectivity index (χ0v) is 10.7. The first-order valence-corrected chi connectivity index (χ1v) is 5.43. The predicted octanol–water partition coefficient (Wildman–Crippen LogP) is 1.87. The van der Waals surface area contributed by atoms with E-state index in [1.165, 1.54) is 13.4 Å². The Hall–Kier alpha value is -1.49. The molecule has 1 aromatic heterocycles. The number of methoxy groups -OCH3 is 2. The first-order chi connectivity index (χ1) is 7.98. The van der Waals surface area contributed by atoms with Crippen LogP contribution in [0.1, 0.15) is 37.2 Å². The smallest absolute Gasteiger partial charge is 0.216 e. The minimum Gasteiger partial charge on any atom is -0.481 e. The van der Waals surface area contributed by atoms with Crippen LogP contribution < -0.4 is 4.74 Å². The summed E-state index contributed by atoms with van der Waals surface area (Å²) in [5.74, 6) is 0.366. The van der Waals surface area contributed by atoms with E-state index >= 15 is 0 Å². The standard InChI is InChI=1S/C12H18N2O3/c1-12(2,17-4)6-5-10(15)9-7-11(16-3)14-8-13-9/h7-8H,5-6H2,1-4H3. The second-order valence-corrected chi connectivity index (χ2v) is 4.33. The maximum Gasteiger partial charge on any atom is 0.216 e. The zero-order chi connectivity index (χ0) is 12.9. The Morgan fingerprint density at radius 1 is 1.35 bits per heavy atom. The predicted molar refractivity (Wildman–Crippen MR) is 63.2 cm³/mol. The van der Waals surface area contributed by atoms with E-state index in [1.807, 2.05) is 13.8 Å². The maximum absolute atomic E-state index is 11.9. The summed E-state index contributed by atoms with van der Waals surface area (Å²) >= 11 is 0. The number of aromatic nitrogens is 2. The highest BCUT2D eigenvalue weighted by atomic mass is 16.5. The highest BCUT2D eigenvalue weighted by molar-refractivity contribution is 5.94. The maximum atomic E-state index is 11.9. The van der Waals surface area contributed by atoms with Crippen LogP contribution in [0.5, 0.6) is 5.88 Å². The van der Waals surface area contributed by atoms with Crippen molar-refractivity contribution < 1.29 is 14.3 Å². The summed E-state index contributed by atoms with van der Waals surface area (Å²) in [5, 5.41) is 0. The Bertz CT molecular complexity index is 391. The average Bonchev–Trinajstić information content (AvgIpc) is 2.36. The van der Waals surface area contributed by atoms with Gasteiger partial charge in [0.25, 0.3) is 0 Å². The molecule has 0 aliphatic rings. The molecule has 0 amide bonds. The van der Waals surface area contributed by atoms with Gasteiger partial charge in [-0.25, -0.2) is 9.97 Å². The summed E-state index contributed by atoms with van der Waals surface area (Å²) in [7, 11) is 3.14. The van der Waals surface area contributed by atoms with Crippen LogP contribution in [0.25, 0.3) is 0 Å². The van der Waals surface area contributed by atoms with Crippen molar-refractivity contribution >= 4 is 5.78 Å². The van der Waals surface area contributed by atoms with E-state index in [0.29, 0.717) is 24.4 Å². The molecule has 0 bridgehead atoms. The lowest BCUT2D eigenvalue weighted by molar-refractivity contribution is 0.0141. The lowest BCUT2D eigenvalue weighted by atomic mass is 10.00. The van der Waals surface area contributed by atoms with Gasteiger partial charge in [0.15, 0.2) is 5.78 Å². The summed E-state index contributed by atoms with van der Waals surface area (Å²) < 4.78 is 10.2. The Balaban J connectivity index is 2.64. The molecule has 0 spiro atoms. The van der Waals surface area contributed by atoms with Gasteiger partial charge in [-0.05, 0) is 20.3 Å². The van der Waals surface area contributed by atoms with Crippen LogP contribution in [0, 0.1) is 0 Å². The van der Waals surface area contributed by atoms with Gasteiger partial charge in [-0.2, -0.15) is 0 Å². The molecule has 0 aliphatic heterocycles. The average molecular weight is 238 g/mol. The van der Waals surface area contributed by atoms with Crippen LogP contribution in [0.3, 0.4) is 0 Å². The topological polar surface area (TPSA) is 61.3 Å². The third kappa shape index (κ3) is 4.11. The number of carbonyl (C=O) groups is 1. The second kappa shape index (κ2) is 5.72. The summed E-state index contributed by atoms with van der Waals surface area (Å²) in [6.45, 7) is 3.89. The van der Waals surface area contributed by atoms with Gasteiger partial charge >= 0.3 is 0 Å². The molecule has 0 N–H and O–H groups in total. The van der Waals surface area contributed by atoms with E-state index in [4.69, 9.17) is 9.47 Å². The summed E-state index contributed by atoms with van der Waals surface area (Å²) in [5.41, 5.74) is 0.0796. The van der Waals surface area contributed by atoms with Gasteiger partial charge in [0.1, 0.15) is 12.0 Å². The highest BCUT2D eigenvalue weighted by Crippen LogP contribution is 2.17. The number of nitrogens with zero attached hydrogens (tertiary/aromatic N) is 2. The van der Waals surface area contributed by atoms with E-state index in [9.17, 15) is 4.79 Å². The lowest BCUT2D eigenvalue weighted by Crippen LogP contribution is -2.23. The monoisotopic (exact) mass is 238 g/mol. The molecule has 0 aliphatic carbocycles. The minimum atomic E-state index is -0.299. The second-order valence-electron chi connectivity index (χ2n) is 4.33. The van der Waals surface area contributed by atoms with E-state index in [2.05, 4.69) is 9.97 Å². The van der Waals surface area contributed by atoms with Crippen LogP contribution in [-0.2, 0) is 4.74 Å². The van der Waals surface area contributed by atoms with Gasteiger partial charge in [0, 0.05) is 19.6 Å². The van der Waals surface area contributed by atoms with Gasteiger partial charge < -0.3 is 9.47 Å². The third-order valence-electron chi connectivity index (χ3n) is 2.64. The molecule has 0 saturated carbocycles. The van der Waals surface area contributed by atoms with Crippen molar-refractivity contribution in [3.05, 3.63) is 18.1 Å². The minimum absolute atomic E-state index is 0.0316. The van der Waals surface area contributed by atoms with Crippen LogP contribution >= 0.6 is 0 Å². The quantitative estimate of drug-likeness (QED) is 0.708. The molecule has 0 unspecified atom stereocenters. The van der Waals surface area contributed by atoms with Crippen molar-refractivity contribution in [3.8, 4) is 5.88 Å². The molecular weight excluding hydrogens is 220 g/mol. The summed E-state index contributed by atoms with van der Waals surface area (Å²) in [6, 6.07) is 1.54.